The van der Waals surface area contributed by atoms with Crippen LogP contribution in [-0.4, -0.2) is 29.4 Å². The van der Waals surface area contributed by atoms with Crippen molar-refractivity contribution in [3.8, 4) is 0 Å². The van der Waals surface area contributed by atoms with Crippen molar-refractivity contribution < 1.29 is 19.1 Å². The Morgan fingerprint density at radius 1 is 1.04 bits per heavy atom. The molecule has 1 aromatic heterocycles. The normalized spacial score (nSPS) is 13.2. The average molecular weight is 338 g/mol. The van der Waals surface area contributed by atoms with Gasteiger partial charge in [0.15, 0.2) is 5.69 Å². The number of benzene rings is 1. The van der Waals surface area contributed by atoms with Crippen LogP contribution in [0.3, 0.4) is 0 Å². The summed E-state index contributed by atoms with van der Waals surface area (Å²) in [5, 5.41) is 0. The van der Waals surface area contributed by atoms with Crippen molar-refractivity contribution in [3.63, 3.8) is 0 Å². The summed E-state index contributed by atoms with van der Waals surface area (Å²) in [6.45, 7) is 7.11. The number of amides is 2. The average Bonchev–Trinajstić information content (AvgIpc) is 2.84. The highest BCUT2D eigenvalue weighted by Gasteiger charge is 2.39. The van der Waals surface area contributed by atoms with Gasteiger partial charge in [-0.2, -0.15) is 0 Å². The second kappa shape index (κ2) is 6.12. The molecule has 6 nitrogen and oxygen atoms in total. The largest absolute Gasteiger partial charge is 0.461 e. The fraction of sp³-hybridized carbons (Fsp3) is 0.263. The molecule has 2 aromatic rings. The van der Waals surface area contributed by atoms with Crippen molar-refractivity contribution in [2.75, 3.05) is 11.5 Å². The van der Waals surface area contributed by atoms with Crippen LogP contribution in [0.5, 0.6) is 0 Å². The number of carbonyl (C=O) groups is 3. The number of esters is 1. The molecule has 6 heteroatoms. The van der Waals surface area contributed by atoms with E-state index in [0.29, 0.717) is 33.6 Å². The smallest absolute Gasteiger partial charge is 0.357 e. The van der Waals surface area contributed by atoms with Crippen molar-refractivity contribution in [2.45, 2.75) is 27.7 Å². The minimum Gasteiger partial charge on any atom is -0.461 e. The van der Waals surface area contributed by atoms with Gasteiger partial charge in [-0.3, -0.25) is 9.59 Å². The first-order chi connectivity index (χ1) is 11.9. The number of aromatic nitrogens is 1. The molecule has 0 saturated heterocycles. The summed E-state index contributed by atoms with van der Waals surface area (Å²) in [6.07, 6.45) is 0. The van der Waals surface area contributed by atoms with E-state index in [2.05, 4.69) is 4.98 Å². The zero-order valence-corrected chi connectivity index (χ0v) is 14.5. The molecule has 1 aliphatic rings. The molecule has 0 radical (unpaired) electrons. The molecule has 3 rings (SSSR count). The molecular weight excluding hydrogens is 320 g/mol. The number of nitrogens with zero attached hydrogens (tertiary/aromatic N) is 2. The molecule has 1 aromatic carbocycles. The van der Waals surface area contributed by atoms with E-state index in [1.165, 1.54) is 0 Å². The second-order valence-electron chi connectivity index (χ2n) is 5.86. The highest BCUT2D eigenvalue weighted by molar-refractivity contribution is 6.35. The van der Waals surface area contributed by atoms with Crippen molar-refractivity contribution in [2.24, 2.45) is 0 Å². The Morgan fingerprint density at radius 3 is 2.12 bits per heavy atom. The molecule has 0 N–H and O–H groups in total. The first kappa shape index (κ1) is 16.8. The highest BCUT2D eigenvalue weighted by Crippen LogP contribution is 2.35. The van der Waals surface area contributed by atoms with Crippen molar-refractivity contribution in [1.29, 1.82) is 0 Å². The van der Waals surface area contributed by atoms with Gasteiger partial charge in [-0.05, 0) is 45.4 Å². The van der Waals surface area contributed by atoms with Crippen LogP contribution < -0.4 is 4.90 Å². The van der Waals surface area contributed by atoms with Crippen LogP contribution in [0.15, 0.2) is 24.3 Å². The number of carbonyl (C=O) groups excluding carboxylic acids is 3. The van der Waals surface area contributed by atoms with E-state index in [0.717, 1.165) is 4.90 Å². The number of hydrogen-bond donors (Lipinski definition) is 0. The number of fused-ring (bicyclic) bond motifs is 1. The number of imide groups is 1. The number of anilines is 1. The molecule has 2 heterocycles. The lowest BCUT2D eigenvalue weighted by Gasteiger charge is -2.22. The summed E-state index contributed by atoms with van der Waals surface area (Å²) in [5.74, 6) is -1.36. The third-order valence-electron chi connectivity index (χ3n) is 4.37. The van der Waals surface area contributed by atoms with Crippen molar-refractivity contribution >= 4 is 23.5 Å². The summed E-state index contributed by atoms with van der Waals surface area (Å²) in [6, 6.07) is 6.69. The van der Waals surface area contributed by atoms with E-state index in [9.17, 15) is 14.4 Å². The molecule has 1 aliphatic heterocycles. The first-order valence-electron chi connectivity index (χ1n) is 8.01. The van der Waals surface area contributed by atoms with Gasteiger partial charge in [0.1, 0.15) is 0 Å². The van der Waals surface area contributed by atoms with Crippen LogP contribution in [0.1, 0.15) is 54.9 Å². The Kier molecular flexibility index (Phi) is 4.12. The van der Waals surface area contributed by atoms with Crippen LogP contribution >= 0.6 is 0 Å². The molecule has 2 amide bonds. The summed E-state index contributed by atoms with van der Waals surface area (Å²) in [7, 11) is 0. The Labute approximate surface area is 145 Å². The Hall–Kier alpha value is -3.02. The van der Waals surface area contributed by atoms with Gasteiger partial charge in [0.25, 0.3) is 11.8 Å². The molecule has 0 saturated carbocycles. The molecule has 0 atom stereocenters. The molecule has 25 heavy (non-hydrogen) atoms. The summed E-state index contributed by atoms with van der Waals surface area (Å²) >= 11 is 0. The lowest BCUT2D eigenvalue weighted by Crippen LogP contribution is -2.32. The molecule has 0 bridgehead atoms. The van der Waals surface area contributed by atoms with Crippen molar-refractivity contribution in [1.82, 2.24) is 4.98 Å². The quantitative estimate of drug-likeness (QED) is 0.635. The lowest BCUT2D eigenvalue weighted by atomic mass is 10.0. The lowest BCUT2D eigenvalue weighted by molar-refractivity contribution is 0.0517. The Morgan fingerprint density at radius 2 is 1.60 bits per heavy atom. The maximum atomic E-state index is 12.8. The Balaban J connectivity index is 2.20. The summed E-state index contributed by atoms with van der Waals surface area (Å²) in [4.78, 5) is 43.2. The van der Waals surface area contributed by atoms with E-state index in [1.807, 2.05) is 0 Å². The number of ether oxygens (including phenoxy) is 1. The molecule has 128 valence electrons. The first-order valence-corrected chi connectivity index (χ1v) is 8.01. The van der Waals surface area contributed by atoms with Gasteiger partial charge in [0.2, 0.25) is 0 Å². The van der Waals surface area contributed by atoms with E-state index < -0.39 is 17.8 Å². The maximum absolute atomic E-state index is 12.8. The van der Waals surface area contributed by atoms with E-state index in [1.54, 1.807) is 52.0 Å². The van der Waals surface area contributed by atoms with Gasteiger partial charge in [0, 0.05) is 11.3 Å². The fourth-order valence-electron chi connectivity index (χ4n) is 3.03. The molecule has 0 aliphatic carbocycles. The third kappa shape index (κ3) is 2.50. The van der Waals surface area contributed by atoms with Gasteiger partial charge in [-0.15, -0.1) is 0 Å². The predicted octanol–water partition coefficient (Wildman–Crippen LogP) is 2.98. The molecule has 0 spiro atoms. The van der Waals surface area contributed by atoms with E-state index in [-0.39, 0.29) is 12.3 Å². The number of rotatable bonds is 3. The number of pyridine rings is 1. The standard InChI is InChI=1S/C19H18N2O4/c1-5-25-19(24)15-11(3)16(10(2)12(4)20-15)21-17(22)13-8-6-7-9-14(13)18(21)23/h6-9H,5H2,1-4H3. The number of aryl methyl sites for hydroxylation is 1. The minimum absolute atomic E-state index is 0.122. The maximum Gasteiger partial charge on any atom is 0.357 e. The summed E-state index contributed by atoms with van der Waals surface area (Å²) in [5.41, 5.74) is 2.95. The van der Waals surface area contributed by atoms with Gasteiger partial charge >= 0.3 is 5.97 Å². The third-order valence-corrected chi connectivity index (χ3v) is 4.37. The second-order valence-corrected chi connectivity index (χ2v) is 5.86. The van der Waals surface area contributed by atoms with E-state index in [4.69, 9.17) is 4.74 Å². The summed E-state index contributed by atoms with van der Waals surface area (Å²) < 4.78 is 5.05. The SMILES string of the molecule is CCOC(=O)c1nc(C)c(C)c(N2C(=O)c3ccccc3C2=O)c1C. The number of hydrogen-bond acceptors (Lipinski definition) is 5. The highest BCUT2D eigenvalue weighted by atomic mass is 16.5. The van der Waals surface area contributed by atoms with Crippen molar-refractivity contribution in [3.05, 3.63) is 57.9 Å². The van der Waals surface area contributed by atoms with Crippen LogP contribution in [-0.2, 0) is 4.74 Å². The predicted molar refractivity (Wildman–Crippen MR) is 92.0 cm³/mol. The molecular formula is C19H18N2O4. The van der Waals surface area contributed by atoms with E-state index >= 15 is 0 Å². The molecule has 0 unspecified atom stereocenters. The monoisotopic (exact) mass is 338 g/mol. The van der Waals surface area contributed by atoms with Gasteiger partial charge in [0.05, 0.1) is 23.4 Å². The van der Waals surface area contributed by atoms with Crippen LogP contribution in [0.2, 0.25) is 0 Å². The molecule has 0 fully saturated rings. The Bertz CT molecular complexity index is 883. The zero-order valence-electron chi connectivity index (χ0n) is 14.5. The van der Waals surface area contributed by atoms with Gasteiger partial charge in [-0.25, -0.2) is 14.7 Å². The fourth-order valence-corrected chi connectivity index (χ4v) is 3.03. The van der Waals surface area contributed by atoms with Crippen LogP contribution in [0.25, 0.3) is 0 Å². The van der Waals surface area contributed by atoms with Gasteiger partial charge < -0.3 is 4.74 Å². The van der Waals surface area contributed by atoms with Crippen LogP contribution in [0, 0.1) is 20.8 Å². The topological polar surface area (TPSA) is 76.6 Å². The minimum atomic E-state index is -0.569. The van der Waals surface area contributed by atoms with Crippen LogP contribution in [0.4, 0.5) is 5.69 Å². The zero-order chi connectivity index (χ0) is 18.3. The van der Waals surface area contributed by atoms with Gasteiger partial charge in [-0.1, -0.05) is 12.1 Å².